The maximum absolute atomic E-state index is 5.44. The highest BCUT2D eigenvalue weighted by Gasteiger charge is 2.24. The van der Waals surface area contributed by atoms with Gasteiger partial charge in [-0.3, -0.25) is 8.97 Å². The number of rotatable bonds is 4. The number of hydrogen-bond donors (Lipinski definition) is 0. The van der Waals surface area contributed by atoms with Crippen LogP contribution in [-0.4, -0.2) is 23.9 Å². The Morgan fingerprint density at radius 1 is 0.346 bits per heavy atom. The fourth-order valence-corrected chi connectivity index (χ4v) is 7.98. The average Bonchev–Trinajstić information content (AvgIpc) is 3.78. The molecule has 0 saturated carbocycles. The number of fused-ring (bicyclic) bond motifs is 10. The van der Waals surface area contributed by atoms with E-state index in [1.807, 2.05) is 30.3 Å². The van der Waals surface area contributed by atoms with Gasteiger partial charge in [-0.25, -0.2) is 15.0 Å². The smallest absolute Gasteiger partial charge is 0.165 e. The van der Waals surface area contributed by atoms with Gasteiger partial charge in [0.25, 0.3) is 0 Å². The van der Waals surface area contributed by atoms with E-state index in [1.54, 1.807) is 0 Å². The maximum atomic E-state index is 5.44. The third-order valence-corrected chi connectivity index (χ3v) is 10.3. The number of nitrogens with zero attached hydrogens (tertiary/aromatic N) is 5. The van der Waals surface area contributed by atoms with E-state index in [2.05, 4.69) is 155 Å². The van der Waals surface area contributed by atoms with Crippen LogP contribution in [0.1, 0.15) is 0 Å². The summed E-state index contributed by atoms with van der Waals surface area (Å²) in [6.07, 6.45) is 0. The topological polar surface area (TPSA) is 48.0 Å². The molecule has 11 rings (SSSR count). The number of para-hydroxylation sites is 4. The lowest BCUT2D eigenvalue weighted by molar-refractivity contribution is 1.08. The number of benzene rings is 7. The monoisotopic (exact) mass is 663 g/mol. The zero-order valence-corrected chi connectivity index (χ0v) is 28.0. The molecule has 0 aliphatic rings. The third kappa shape index (κ3) is 4.20. The van der Waals surface area contributed by atoms with Gasteiger partial charge in [0.2, 0.25) is 0 Å². The van der Waals surface area contributed by atoms with Gasteiger partial charge in [-0.15, -0.1) is 0 Å². The second-order valence-electron chi connectivity index (χ2n) is 13.2. The van der Waals surface area contributed by atoms with Crippen LogP contribution < -0.4 is 0 Å². The fraction of sp³-hybridized carbons (Fsp3) is 0. The van der Waals surface area contributed by atoms with Crippen molar-refractivity contribution >= 4 is 60.0 Å². The van der Waals surface area contributed by atoms with Crippen LogP contribution >= 0.6 is 0 Å². The Labute approximate surface area is 298 Å². The molecule has 4 heterocycles. The number of pyridine rings is 1. The van der Waals surface area contributed by atoms with Crippen molar-refractivity contribution in [1.29, 1.82) is 0 Å². The normalized spacial score (nSPS) is 11.8. The Morgan fingerprint density at radius 2 is 0.885 bits per heavy atom. The Morgan fingerprint density at radius 3 is 1.58 bits per heavy atom. The molecule has 0 amide bonds. The predicted octanol–water partition coefficient (Wildman–Crippen LogP) is 11.7. The summed E-state index contributed by atoms with van der Waals surface area (Å²) in [6, 6.07) is 61.7. The highest BCUT2D eigenvalue weighted by molar-refractivity contribution is 6.23. The van der Waals surface area contributed by atoms with E-state index in [0.29, 0.717) is 0 Å². The lowest BCUT2D eigenvalue weighted by Gasteiger charge is -2.15. The second kappa shape index (κ2) is 11.2. The van der Waals surface area contributed by atoms with Gasteiger partial charge in [0.15, 0.2) is 5.82 Å². The van der Waals surface area contributed by atoms with Crippen LogP contribution in [0.5, 0.6) is 0 Å². The van der Waals surface area contributed by atoms with Crippen LogP contribution in [0.4, 0.5) is 0 Å². The van der Waals surface area contributed by atoms with Gasteiger partial charge in [-0.1, -0.05) is 140 Å². The molecule has 0 bridgehead atoms. The van der Waals surface area contributed by atoms with Crippen molar-refractivity contribution in [1.82, 2.24) is 23.9 Å². The summed E-state index contributed by atoms with van der Waals surface area (Å²) in [5.41, 5.74) is 11.1. The van der Waals surface area contributed by atoms with Crippen molar-refractivity contribution in [3.05, 3.63) is 176 Å². The zero-order chi connectivity index (χ0) is 34.2. The molecule has 0 atom stereocenters. The van der Waals surface area contributed by atoms with Crippen molar-refractivity contribution in [2.24, 2.45) is 0 Å². The van der Waals surface area contributed by atoms with Crippen LogP contribution in [0.3, 0.4) is 0 Å². The molecule has 0 N–H and O–H groups in total. The van der Waals surface area contributed by atoms with E-state index in [-0.39, 0.29) is 0 Å². The maximum Gasteiger partial charge on any atom is 0.165 e. The van der Waals surface area contributed by atoms with Gasteiger partial charge in [0.05, 0.1) is 38.8 Å². The van der Waals surface area contributed by atoms with E-state index < -0.39 is 0 Å². The van der Waals surface area contributed by atoms with Gasteiger partial charge in [-0.05, 0) is 41.8 Å². The molecular weight excluding hydrogens is 635 g/mol. The summed E-state index contributed by atoms with van der Waals surface area (Å²) in [7, 11) is 0. The summed E-state index contributed by atoms with van der Waals surface area (Å²) >= 11 is 0. The molecule has 7 aromatic carbocycles. The first-order valence-corrected chi connectivity index (χ1v) is 17.6. The summed E-state index contributed by atoms with van der Waals surface area (Å²) in [5, 5.41) is 5.77. The van der Waals surface area contributed by atoms with E-state index in [9.17, 15) is 0 Å². The van der Waals surface area contributed by atoms with Crippen molar-refractivity contribution in [3.8, 4) is 39.7 Å². The first-order valence-electron chi connectivity index (χ1n) is 17.6. The summed E-state index contributed by atoms with van der Waals surface area (Å²) in [6.45, 7) is 0. The van der Waals surface area contributed by atoms with Crippen molar-refractivity contribution in [2.75, 3.05) is 0 Å². The molecule has 0 aliphatic heterocycles. The molecule has 5 nitrogen and oxygen atoms in total. The summed E-state index contributed by atoms with van der Waals surface area (Å²) in [4.78, 5) is 16.1. The molecule has 0 saturated heterocycles. The summed E-state index contributed by atoms with van der Waals surface area (Å²) in [5.74, 6) is 1.73. The van der Waals surface area contributed by atoms with Gasteiger partial charge in [-0.2, -0.15) is 0 Å². The summed E-state index contributed by atoms with van der Waals surface area (Å²) < 4.78 is 4.68. The first-order chi connectivity index (χ1) is 25.8. The zero-order valence-electron chi connectivity index (χ0n) is 28.0. The van der Waals surface area contributed by atoms with Crippen LogP contribution in [0.15, 0.2) is 176 Å². The molecule has 0 radical (unpaired) electrons. The highest BCUT2D eigenvalue weighted by atomic mass is 15.1. The quantitative estimate of drug-likeness (QED) is 0.176. The Kier molecular flexibility index (Phi) is 6.18. The molecule has 5 heteroatoms. The van der Waals surface area contributed by atoms with E-state index >= 15 is 0 Å². The Balaban J connectivity index is 1.33. The fourth-order valence-electron chi connectivity index (χ4n) is 7.98. The molecule has 0 fully saturated rings. The van der Waals surface area contributed by atoms with Gasteiger partial charge < -0.3 is 0 Å². The van der Waals surface area contributed by atoms with Crippen LogP contribution in [0, 0.1) is 0 Å². The van der Waals surface area contributed by atoms with E-state index in [0.717, 1.165) is 99.8 Å². The third-order valence-electron chi connectivity index (χ3n) is 10.3. The van der Waals surface area contributed by atoms with Crippen LogP contribution in [0.25, 0.3) is 99.8 Å². The second-order valence-corrected chi connectivity index (χ2v) is 13.2. The van der Waals surface area contributed by atoms with E-state index in [4.69, 9.17) is 15.0 Å². The van der Waals surface area contributed by atoms with E-state index in [1.165, 1.54) is 0 Å². The molecule has 242 valence electrons. The molecular formula is C47H29N5. The molecule has 0 unspecified atom stereocenters. The minimum absolute atomic E-state index is 0.807. The average molecular weight is 664 g/mol. The number of aromatic nitrogens is 5. The standard InChI is InChI=1S/C47H29N5/c1-4-16-30(17-5-1)43-45-37-28-36-34-23-11-14-26-40(34)51(47-44(31-18-6-2-7-19-31)48-38-24-12-13-25-39(38)49-47)42(36)29-35(37)33-22-10-15-27-41(33)52(45)46(50-43)32-20-8-3-9-21-32/h1-29H. The van der Waals surface area contributed by atoms with Gasteiger partial charge in [0, 0.05) is 38.2 Å². The van der Waals surface area contributed by atoms with Crippen LogP contribution in [0.2, 0.25) is 0 Å². The highest BCUT2D eigenvalue weighted by Crippen LogP contribution is 2.43. The predicted molar refractivity (Wildman–Crippen MR) is 214 cm³/mol. The van der Waals surface area contributed by atoms with Crippen molar-refractivity contribution < 1.29 is 0 Å². The molecule has 11 aromatic rings. The SMILES string of the molecule is c1ccc(-c2nc3ccccc3nc2-n2c3ccccc3c3cc4c(cc32)c2ccccc2n2c(-c3ccccc3)nc(-c3ccccc3)c42)cc1. The number of imidazole rings is 1. The van der Waals surface area contributed by atoms with Gasteiger partial charge >= 0.3 is 0 Å². The largest absolute Gasteiger partial charge is 0.292 e. The Hall–Kier alpha value is -7.11. The molecule has 52 heavy (non-hydrogen) atoms. The first kappa shape index (κ1) is 28.7. The molecule has 0 spiro atoms. The van der Waals surface area contributed by atoms with Crippen molar-refractivity contribution in [2.45, 2.75) is 0 Å². The van der Waals surface area contributed by atoms with Crippen molar-refractivity contribution in [3.63, 3.8) is 0 Å². The minimum Gasteiger partial charge on any atom is -0.292 e. The lowest BCUT2D eigenvalue weighted by atomic mass is 9.99. The van der Waals surface area contributed by atoms with Crippen LogP contribution in [-0.2, 0) is 0 Å². The molecule has 0 aliphatic carbocycles. The molecule has 4 aromatic heterocycles. The number of hydrogen-bond acceptors (Lipinski definition) is 3. The Bertz CT molecular complexity index is 3160. The lowest BCUT2D eigenvalue weighted by Crippen LogP contribution is -2.03. The minimum atomic E-state index is 0.807. The van der Waals surface area contributed by atoms with Gasteiger partial charge in [0.1, 0.15) is 11.5 Å².